The van der Waals surface area contributed by atoms with Crippen LogP contribution in [-0.4, -0.2) is 42.8 Å². The van der Waals surface area contributed by atoms with E-state index in [2.05, 4.69) is 19.9 Å². The number of benzene rings is 1. The summed E-state index contributed by atoms with van der Waals surface area (Å²) in [4.78, 5) is 0. The molecule has 5 nitrogen and oxygen atoms in total. The van der Waals surface area contributed by atoms with Crippen LogP contribution in [0.2, 0.25) is 6.32 Å². The van der Waals surface area contributed by atoms with Crippen LogP contribution in [0.3, 0.4) is 0 Å². The van der Waals surface area contributed by atoms with Crippen molar-refractivity contribution in [2.45, 2.75) is 63.6 Å². The molecule has 2 atom stereocenters. The molecule has 7 heteroatoms. The van der Waals surface area contributed by atoms with Crippen LogP contribution >= 0.6 is 0 Å². The Labute approximate surface area is 168 Å². The minimum absolute atomic E-state index is 0.109. The van der Waals surface area contributed by atoms with Gasteiger partial charge < -0.3 is 14.8 Å². The fourth-order valence-electron chi connectivity index (χ4n) is 4.27. The number of fused-ring (bicyclic) bond motifs is 1. The highest BCUT2D eigenvalue weighted by molar-refractivity contribution is 7.92. The molecule has 1 fully saturated rings. The molecule has 2 heterocycles. The number of rotatable bonds is 7. The van der Waals surface area contributed by atoms with Crippen LogP contribution in [0.25, 0.3) is 6.08 Å². The van der Waals surface area contributed by atoms with E-state index in [1.54, 1.807) is 12.1 Å². The van der Waals surface area contributed by atoms with Crippen LogP contribution in [0.5, 0.6) is 5.75 Å². The summed E-state index contributed by atoms with van der Waals surface area (Å²) in [7, 11) is -4.26. The fourth-order valence-corrected chi connectivity index (χ4v) is 6.43. The number of phenolic OH excluding ortho intramolecular Hbond substituents is 1. The Morgan fingerprint density at radius 2 is 2.00 bits per heavy atom. The fraction of sp³-hybridized carbons (Fsp3) is 0.524. The summed E-state index contributed by atoms with van der Waals surface area (Å²) >= 11 is 0. The summed E-state index contributed by atoms with van der Waals surface area (Å²) in [5.41, 5.74) is 4.15. The Balaban J connectivity index is 1.79. The highest BCUT2D eigenvalue weighted by Crippen LogP contribution is 2.41. The van der Waals surface area contributed by atoms with Gasteiger partial charge in [-0.1, -0.05) is 49.6 Å². The standard InChI is InChI=1S/C21H29BO5S/c1-3-5-17-14-28(25,26)20-13-22(24)27-19(21(17)20)11-8-15(4-2)12-16-6-9-18(23)10-7-16/h6-7,9-10,12,19-20,23-24H,3-5,8,11,13-14H2,1-2H3/b15-12+/t19-,20+/m1/s1. The lowest BCUT2D eigenvalue weighted by atomic mass is 9.74. The number of phenols is 1. The molecule has 2 N–H and O–H groups in total. The van der Waals surface area contributed by atoms with E-state index >= 15 is 0 Å². The Kier molecular flexibility index (Phi) is 6.68. The van der Waals surface area contributed by atoms with E-state index in [0.717, 1.165) is 42.4 Å². The second-order valence-electron chi connectivity index (χ2n) is 7.71. The second-order valence-corrected chi connectivity index (χ2v) is 9.89. The van der Waals surface area contributed by atoms with Crippen molar-refractivity contribution in [3.63, 3.8) is 0 Å². The molecule has 0 saturated carbocycles. The first-order chi connectivity index (χ1) is 13.3. The summed E-state index contributed by atoms with van der Waals surface area (Å²) < 4.78 is 31.0. The molecule has 152 valence electrons. The quantitative estimate of drug-likeness (QED) is 0.534. The van der Waals surface area contributed by atoms with E-state index in [4.69, 9.17) is 4.65 Å². The van der Waals surface area contributed by atoms with Crippen molar-refractivity contribution in [1.29, 1.82) is 0 Å². The summed E-state index contributed by atoms with van der Waals surface area (Å²) in [6, 6.07) is 7.06. The van der Waals surface area contributed by atoms with Gasteiger partial charge in [-0.3, -0.25) is 0 Å². The zero-order valence-electron chi connectivity index (χ0n) is 16.6. The summed E-state index contributed by atoms with van der Waals surface area (Å²) in [6.45, 7) is 4.14. The minimum Gasteiger partial charge on any atom is -0.508 e. The van der Waals surface area contributed by atoms with Gasteiger partial charge in [-0.05, 0) is 49.0 Å². The van der Waals surface area contributed by atoms with E-state index < -0.39 is 22.2 Å². The van der Waals surface area contributed by atoms with Crippen LogP contribution < -0.4 is 0 Å². The second kappa shape index (κ2) is 8.85. The van der Waals surface area contributed by atoms with Gasteiger partial charge in [-0.15, -0.1) is 0 Å². The lowest BCUT2D eigenvalue weighted by Crippen LogP contribution is -2.41. The molecule has 28 heavy (non-hydrogen) atoms. The third-order valence-electron chi connectivity index (χ3n) is 5.65. The molecule has 2 aliphatic rings. The minimum atomic E-state index is -3.23. The van der Waals surface area contributed by atoms with Crippen LogP contribution in [-0.2, 0) is 14.5 Å². The maximum atomic E-state index is 12.6. The maximum Gasteiger partial charge on any atom is 0.456 e. The first-order valence-electron chi connectivity index (χ1n) is 10.1. The van der Waals surface area contributed by atoms with Crippen molar-refractivity contribution in [2.24, 2.45) is 0 Å². The SMILES string of the molecule is CCCC1=C2[C@@H](CC/C(=C/c3ccc(O)cc3)CC)OB(O)C[C@@H]2S(=O)(=O)C1. The number of hydrogen-bond donors (Lipinski definition) is 2. The van der Waals surface area contributed by atoms with Gasteiger partial charge in [0.25, 0.3) is 0 Å². The summed E-state index contributed by atoms with van der Waals surface area (Å²) in [5.74, 6) is 0.348. The van der Waals surface area contributed by atoms with Gasteiger partial charge in [-0.25, -0.2) is 8.42 Å². The Hall–Kier alpha value is -1.57. The number of aromatic hydroxyl groups is 1. The molecular weight excluding hydrogens is 375 g/mol. The lowest BCUT2D eigenvalue weighted by Gasteiger charge is -2.32. The predicted molar refractivity (Wildman–Crippen MR) is 113 cm³/mol. The zero-order chi connectivity index (χ0) is 20.3. The molecule has 0 spiro atoms. The average molecular weight is 404 g/mol. The first-order valence-corrected chi connectivity index (χ1v) is 11.8. The van der Waals surface area contributed by atoms with Crippen molar-refractivity contribution < 1.29 is 23.2 Å². The van der Waals surface area contributed by atoms with Gasteiger partial charge in [0.1, 0.15) is 5.75 Å². The van der Waals surface area contributed by atoms with Crippen LogP contribution in [0.15, 0.2) is 41.0 Å². The van der Waals surface area contributed by atoms with E-state index in [0.29, 0.717) is 6.42 Å². The topological polar surface area (TPSA) is 83.8 Å². The third kappa shape index (κ3) is 4.70. The van der Waals surface area contributed by atoms with E-state index in [-0.39, 0.29) is 23.9 Å². The van der Waals surface area contributed by atoms with Gasteiger partial charge in [0.15, 0.2) is 9.84 Å². The van der Waals surface area contributed by atoms with Gasteiger partial charge in [-0.2, -0.15) is 0 Å². The molecule has 3 rings (SSSR count). The molecule has 1 aromatic carbocycles. The average Bonchev–Trinajstić information content (AvgIpc) is 2.90. The number of allylic oxidation sites excluding steroid dienone is 1. The third-order valence-corrected chi connectivity index (χ3v) is 7.71. The van der Waals surface area contributed by atoms with E-state index in [1.165, 1.54) is 5.57 Å². The Morgan fingerprint density at radius 1 is 1.29 bits per heavy atom. The predicted octanol–water partition coefficient (Wildman–Crippen LogP) is 3.74. The molecule has 0 unspecified atom stereocenters. The van der Waals surface area contributed by atoms with Crippen molar-refractivity contribution in [3.8, 4) is 5.75 Å². The molecular formula is C21H29BO5S. The normalized spacial score (nSPS) is 24.5. The van der Waals surface area contributed by atoms with Crippen molar-refractivity contribution in [3.05, 3.63) is 46.5 Å². The lowest BCUT2D eigenvalue weighted by molar-refractivity contribution is 0.169. The van der Waals surface area contributed by atoms with E-state index in [9.17, 15) is 18.5 Å². The van der Waals surface area contributed by atoms with Crippen molar-refractivity contribution in [1.82, 2.24) is 0 Å². The highest BCUT2D eigenvalue weighted by atomic mass is 32.2. The van der Waals surface area contributed by atoms with Gasteiger partial charge >= 0.3 is 7.12 Å². The zero-order valence-corrected chi connectivity index (χ0v) is 17.4. The molecule has 1 aromatic rings. The summed E-state index contributed by atoms with van der Waals surface area (Å²) in [5, 5.41) is 19.0. The largest absolute Gasteiger partial charge is 0.508 e. The Bertz CT molecular complexity index is 857. The molecule has 0 amide bonds. The molecule has 0 radical (unpaired) electrons. The highest BCUT2D eigenvalue weighted by Gasteiger charge is 2.48. The van der Waals surface area contributed by atoms with E-state index in [1.807, 2.05) is 12.1 Å². The van der Waals surface area contributed by atoms with Crippen molar-refractivity contribution >= 4 is 23.0 Å². The van der Waals surface area contributed by atoms with Gasteiger partial charge in [0.2, 0.25) is 0 Å². The molecule has 1 saturated heterocycles. The van der Waals surface area contributed by atoms with Crippen LogP contribution in [0, 0.1) is 0 Å². The van der Waals surface area contributed by atoms with Crippen molar-refractivity contribution in [2.75, 3.05) is 5.75 Å². The smallest absolute Gasteiger partial charge is 0.456 e. The van der Waals surface area contributed by atoms with Crippen LogP contribution in [0.1, 0.15) is 51.5 Å². The molecule has 0 aromatic heterocycles. The van der Waals surface area contributed by atoms with Gasteiger partial charge in [0.05, 0.1) is 17.1 Å². The summed E-state index contributed by atoms with van der Waals surface area (Å²) in [6.07, 6.45) is 5.87. The molecule has 0 aliphatic carbocycles. The number of hydrogen-bond acceptors (Lipinski definition) is 5. The first kappa shape index (κ1) is 21.2. The molecule has 2 aliphatic heterocycles. The van der Waals surface area contributed by atoms with Gasteiger partial charge in [0, 0.05) is 6.32 Å². The maximum absolute atomic E-state index is 12.6. The molecule has 0 bridgehead atoms. The Morgan fingerprint density at radius 3 is 2.64 bits per heavy atom. The monoisotopic (exact) mass is 404 g/mol. The number of sulfone groups is 1. The van der Waals surface area contributed by atoms with Crippen LogP contribution in [0.4, 0.5) is 0 Å².